The molecule has 6 unspecified atom stereocenters. The van der Waals surface area contributed by atoms with Crippen LogP contribution in [-0.2, 0) is 55.6 Å². The van der Waals surface area contributed by atoms with Crippen LogP contribution in [0.15, 0.2) is 245 Å². The second-order valence-electron chi connectivity index (χ2n) is 22.5. The molecule has 6 aromatic carbocycles. The first-order chi connectivity index (χ1) is 45.1. The van der Waals surface area contributed by atoms with Gasteiger partial charge in [0.1, 0.15) is 12.6 Å². The molecule has 6 aromatic rings. The number of allylic oxidation sites excluding steroid dienone is 5. The van der Waals surface area contributed by atoms with Crippen molar-refractivity contribution in [1.29, 1.82) is 10.5 Å². The van der Waals surface area contributed by atoms with Crippen LogP contribution in [0.3, 0.4) is 0 Å². The molecule has 520 valence electrons. The molecule has 1 N–H and O–H groups in total. The van der Waals surface area contributed by atoms with Crippen molar-refractivity contribution in [1.82, 2.24) is 0 Å². The minimum absolute atomic E-state index is 0. The Morgan fingerprint density at radius 3 is 1.14 bits per heavy atom. The van der Waals surface area contributed by atoms with E-state index in [1.165, 1.54) is 25.5 Å². The number of nitrogens with zero attached hydrogens (tertiary/aromatic N) is 2. The van der Waals surface area contributed by atoms with Crippen molar-refractivity contribution in [2.24, 2.45) is 0 Å². The molecular formula is C80H109AlBrCl4LiN2O7. The van der Waals surface area contributed by atoms with E-state index < -0.39 is 15.9 Å². The van der Waals surface area contributed by atoms with Gasteiger partial charge in [-0.05, 0) is 92.7 Å². The van der Waals surface area contributed by atoms with Crippen LogP contribution in [0.25, 0.3) is 0 Å². The maximum absolute atomic E-state index is 11.0. The van der Waals surface area contributed by atoms with E-state index in [2.05, 4.69) is 96.9 Å². The van der Waals surface area contributed by atoms with E-state index in [-0.39, 0.29) is 71.8 Å². The smallest absolute Gasteiger partial charge is 1.00 e. The summed E-state index contributed by atoms with van der Waals surface area (Å²) in [6, 6.07) is 64.4. The number of aliphatic hydroxyl groups excluding tert-OH is 1. The van der Waals surface area contributed by atoms with Crippen molar-refractivity contribution in [2.45, 2.75) is 125 Å². The van der Waals surface area contributed by atoms with Crippen LogP contribution in [0.2, 0.25) is 0 Å². The molecular weight excluding hydrogens is 1360 g/mol. The van der Waals surface area contributed by atoms with Gasteiger partial charge in [0, 0.05) is 62.5 Å². The number of ether oxygens (including phenoxy) is 4. The van der Waals surface area contributed by atoms with Crippen LogP contribution in [-0.4, -0.2) is 105 Å². The standard InChI is InChI=1S/C13H18O.C12H13N.C12H16O2.C12H16O.C12H14O.C9H9N.C4H8O.C3H5Br.C2H4Cl2O.CH2Cl2.Al.Li.4H/c1-4-10-13(2,11-14-3)12-8-6-5-7-9-12;1-3-9-12(2,10-13)11-7-5-4-6-8-11;1-12(8-9-13,10-14-2)11-6-4-3-5-7-11;2*1-3-9-12(2,10-13)11-7-5-4-6-8-11;1-8(7-10)9-5-3-2-4-6-9;1-2-4-5-3-1;1-2-3-4;1-5-2(3)4;2-1-3;;;;;;/h4-9H,1,10-11H2,2-3H3;3-8H,1,9H2,2H3;3-7,9H,8,10H2,1-2H3;3-8,13H,1,9-10H2,2H3;3-8,10H,1,9H2,2H3;2-6,8H,1H3;1-4H2;2H,1,3H2;2H,1H3;1H2;;;;;;/q;;;;;;;;;;;+1;;;;-1. The maximum Gasteiger partial charge on any atom is 1.00 e. The van der Waals surface area contributed by atoms with E-state index >= 15 is 0 Å². The van der Waals surface area contributed by atoms with Crippen LogP contribution < -0.4 is 18.9 Å². The Hall–Kier alpha value is -5.09. The number of methoxy groups -OCH3 is 3. The molecule has 1 aliphatic heterocycles. The number of hydrogen-bond acceptors (Lipinski definition) is 9. The van der Waals surface area contributed by atoms with Gasteiger partial charge < -0.3 is 35.1 Å². The van der Waals surface area contributed by atoms with E-state index in [0.29, 0.717) is 25.9 Å². The molecule has 7 rings (SSSR count). The zero-order valence-electron chi connectivity index (χ0n) is 59.1. The van der Waals surface area contributed by atoms with Crippen LogP contribution in [0.4, 0.5) is 0 Å². The zero-order valence-corrected chi connectivity index (χ0v) is 62.7. The molecule has 0 saturated carbocycles. The van der Waals surface area contributed by atoms with Gasteiger partial charge in [-0.25, -0.2) is 0 Å². The minimum atomic E-state index is -0.671. The Morgan fingerprint density at radius 1 is 0.562 bits per heavy atom. The number of nitriles is 2. The number of rotatable bonds is 24. The number of benzene rings is 6. The summed E-state index contributed by atoms with van der Waals surface area (Å²) < 4.78 is 19.6. The summed E-state index contributed by atoms with van der Waals surface area (Å²) in [6.45, 7) is 33.8. The molecule has 0 aliphatic carbocycles. The van der Waals surface area contributed by atoms with Gasteiger partial charge in [-0.15, -0.1) is 56.1 Å². The molecule has 9 nitrogen and oxygen atoms in total. The Balaban J connectivity index is -0.000000243. The zero-order chi connectivity index (χ0) is 71.4. The first-order valence-corrected chi connectivity index (χ1v) is 33.9. The van der Waals surface area contributed by atoms with Gasteiger partial charge in [-0.3, -0.25) is 0 Å². The molecule has 0 amide bonds. The fourth-order valence-corrected chi connectivity index (χ4v) is 8.78. The van der Waals surface area contributed by atoms with E-state index in [4.69, 9.17) is 71.1 Å². The molecule has 0 spiro atoms. The topological polar surface area (TPSA) is 139 Å². The second kappa shape index (κ2) is 63.4. The summed E-state index contributed by atoms with van der Waals surface area (Å²) in [7, 11) is 4.83. The first-order valence-electron chi connectivity index (χ1n) is 30.8. The Morgan fingerprint density at radius 2 is 0.875 bits per heavy atom. The van der Waals surface area contributed by atoms with Crippen molar-refractivity contribution in [2.75, 3.05) is 65.0 Å². The molecule has 6 atom stereocenters. The monoisotopic (exact) mass is 1460 g/mol. The Kier molecular flexibility index (Phi) is 65.7. The third-order valence-electron chi connectivity index (χ3n) is 14.5. The SMILES string of the molecule is C1CCOC1.C=CCBr.C=CCC(C)(C#N)c1ccccc1.C=CCC(C)(C=O)c1ccccc1.C=CCC(C)(CO)c1ccccc1.C=CCC(C)(COC)c1ccccc1.CC(C#N)c1ccccc1.COC(Cl)Cl.COCC(C)(CC=O)c1ccccc1.ClCCl.[AlH3].[H-].[Li+]. The molecule has 1 aliphatic rings. The molecule has 1 heterocycles. The van der Waals surface area contributed by atoms with Gasteiger partial charge in [0.25, 0.3) is 0 Å². The quantitative estimate of drug-likeness (QED) is 0.0272. The van der Waals surface area contributed by atoms with Crippen molar-refractivity contribution in [3.63, 3.8) is 0 Å². The Labute approximate surface area is 631 Å². The van der Waals surface area contributed by atoms with Gasteiger partial charge in [0.15, 0.2) is 17.4 Å². The van der Waals surface area contributed by atoms with Crippen molar-refractivity contribution >= 4 is 92.3 Å². The van der Waals surface area contributed by atoms with Gasteiger partial charge in [0.2, 0.25) is 5.02 Å². The molecule has 1 saturated heterocycles. The third-order valence-corrected chi connectivity index (χ3v) is 15.3. The first kappa shape index (κ1) is 99.6. The number of carbonyl (C=O) groups is 2. The Bertz CT molecular complexity index is 2870. The summed E-state index contributed by atoms with van der Waals surface area (Å²) in [5.74, 6) is 0.0150. The number of hydrogen-bond donors (Lipinski definition) is 1. The average Bonchev–Trinajstić information content (AvgIpc) is 1.23. The predicted molar refractivity (Wildman–Crippen MR) is 416 cm³/mol. The van der Waals surface area contributed by atoms with Crippen molar-refractivity contribution < 1.29 is 53.9 Å². The summed E-state index contributed by atoms with van der Waals surface area (Å²) in [5, 5.41) is 27.4. The predicted octanol–water partition coefficient (Wildman–Crippen LogP) is 17.0. The van der Waals surface area contributed by atoms with Crippen LogP contribution >= 0.6 is 62.3 Å². The number of halogens is 5. The van der Waals surface area contributed by atoms with E-state index in [0.717, 1.165) is 78.4 Å². The summed E-state index contributed by atoms with van der Waals surface area (Å²) in [4.78, 5) is 21.6. The molecule has 0 radical (unpaired) electrons. The molecule has 0 bridgehead atoms. The summed E-state index contributed by atoms with van der Waals surface area (Å²) in [6.07, 6.45) is 17.3. The van der Waals surface area contributed by atoms with Gasteiger partial charge in [0.05, 0.1) is 54.0 Å². The van der Waals surface area contributed by atoms with Crippen LogP contribution in [0, 0.1) is 22.7 Å². The molecule has 0 aromatic heterocycles. The van der Waals surface area contributed by atoms with Crippen LogP contribution in [0.5, 0.6) is 0 Å². The van der Waals surface area contributed by atoms with Gasteiger partial charge in [-0.1, -0.05) is 272 Å². The van der Waals surface area contributed by atoms with Crippen molar-refractivity contribution in [3.8, 4) is 12.1 Å². The van der Waals surface area contributed by atoms with E-state index in [1.54, 1.807) is 32.4 Å². The maximum atomic E-state index is 11.0. The molecule has 96 heavy (non-hydrogen) atoms. The number of alkyl halides is 5. The van der Waals surface area contributed by atoms with Crippen LogP contribution in [0.1, 0.15) is 127 Å². The van der Waals surface area contributed by atoms with Gasteiger partial charge >= 0.3 is 18.9 Å². The van der Waals surface area contributed by atoms with E-state index in [1.807, 2.05) is 204 Å². The fourth-order valence-electron chi connectivity index (χ4n) is 8.78. The number of aldehydes is 2. The number of aliphatic hydroxyl groups is 1. The minimum Gasteiger partial charge on any atom is -1.00 e. The molecule has 1 fully saturated rings. The average molecular weight is 1470 g/mol. The summed E-state index contributed by atoms with van der Waals surface area (Å²) >= 11 is 22.7. The van der Waals surface area contributed by atoms with Crippen molar-refractivity contribution in [3.05, 3.63) is 279 Å². The molecule has 16 heteroatoms. The largest absolute Gasteiger partial charge is 1.00 e. The second-order valence-corrected chi connectivity index (χ2v) is 25.0. The summed E-state index contributed by atoms with van der Waals surface area (Å²) in [5.41, 5.74) is 5.64. The normalized spacial score (nSPS) is 13.6. The van der Waals surface area contributed by atoms with E-state index in [9.17, 15) is 14.7 Å². The third kappa shape index (κ3) is 44.8. The van der Waals surface area contributed by atoms with Gasteiger partial charge in [-0.2, -0.15) is 10.5 Å². The fraction of sp³-hybridized carbons (Fsp3) is 0.375. The number of carbonyl (C=O) groups excluding carboxylic acids is 2.